The monoisotopic (exact) mass is 281 g/mol. The minimum atomic E-state index is -0.597. The van der Waals surface area contributed by atoms with E-state index in [2.05, 4.69) is 16.4 Å². The molecule has 1 atom stereocenters. The maximum Gasteiger partial charge on any atom is 0.131 e. The molecule has 1 aliphatic rings. The number of thioether (sulfide) groups is 1. The van der Waals surface area contributed by atoms with Crippen molar-refractivity contribution in [2.75, 3.05) is 5.75 Å². The van der Waals surface area contributed by atoms with Crippen LogP contribution in [0.3, 0.4) is 0 Å². The van der Waals surface area contributed by atoms with Crippen LogP contribution < -0.4 is 0 Å². The van der Waals surface area contributed by atoms with Crippen molar-refractivity contribution < 1.29 is 5.11 Å². The van der Waals surface area contributed by atoms with E-state index in [0.29, 0.717) is 0 Å². The lowest BCUT2D eigenvalue weighted by Crippen LogP contribution is -2.07. The first-order valence-corrected chi connectivity index (χ1v) is 8.02. The Balaban J connectivity index is 1.92. The van der Waals surface area contributed by atoms with Crippen LogP contribution in [0, 0.1) is 0 Å². The molecule has 0 fully saturated rings. The molecule has 0 amide bonds. The van der Waals surface area contributed by atoms with Crippen LogP contribution in [0.15, 0.2) is 12.3 Å². The second-order valence-electron chi connectivity index (χ2n) is 4.28. The third kappa shape index (κ3) is 2.08. The SMILES string of the molecule is CCn1nncc1C(O)c1cc2c(s1)CCSC2. The highest BCUT2D eigenvalue weighted by Gasteiger charge is 2.21. The Morgan fingerprint density at radius 2 is 2.44 bits per heavy atom. The molecule has 0 saturated carbocycles. The zero-order valence-corrected chi connectivity index (χ0v) is 11.8. The molecule has 0 spiro atoms. The molecular formula is C12H15N3OS2. The summed E-state index contributed by atoms with van der Waals surface area (Å²) in [5.41, 5.74) is 2.17. The Kier molecular flexibility index (Phi) is 3.41. The highest BCUT2D eigenvalue weighted by Crippen LogP contribution is 2.36. The van der Waals surface area contributed by atoms with Gasteiger partial charge in [-0.1, -0.05) is 5.21 Å². The highest BCUT2D eigenvalue weighted by atomic mass is 32.2. The predicted molar refractivity (Wildman–Crippen MR) is 73.9 cm³/mol. The van der Waals surface area contributed by atoms with Crippen LogP contribution in [0.2, 0.25) is 0 Å². The van der Waals surface area contributed by atoms with E-state index in [4.69, 9.17) is 0 Å². The number of aryl methyl sites for hydroxylation is 2. The van der Waals surface area contributed by atoms with E-state index in [1.54, 1.807) is 22.2 Å². The number of fused-ring (bicyclic) bond motifs is 1. The highest BCUT2D eigenvalue weighted by molar-refractivity contribution is 7.98. The largest absolute Gasteiger partial charge is 0.381 e. The molecule has 1 unspecified atom stereocenters. The molecule has 0 aliphatic carbocycles. The first-order chi connectivity index (χ1) is 8.79. The number of nitrogens with zero attached hydrogens (tertiary/aromatic N) is 3. The summed E-state index contributed by atoms with van der Waals surface area (Å²) >= 11 is 3.69. The molecule has 4 nitrogen and oxygen atoms in total. The molecular weight excluding hydrogens is 266 g/mol. The van der Waals surface area contributed by atoms with Crippen molar-refractivity contribution >= 4 is 23.1 Å². The third-order valence-electron chi connectivity index (χ3n) is 3.14. The van der Waals surface area contributed by atoms with E-state index in [-0.39, 0.29) is 0 Å². The fourth-order valence-electron chi connectivity index (χ4n) is 2.17. The van der Waals surface area contributed by atoms with Gasteiger partial charge in [0.2, 0.25) is 0 Å². The minimum absolute atomic E-state index is 0.597. The zero-order valence-electron chi connectivity index (χ0n) is 10.2. The molecule has 1 aliphatic heterocycles. The lowest BCUT2D eigenvalue weighted by molar-refractivity contribution is 0.211. The molecule has 0 bridgehead atoms. The topological polar surface area (TPSA) is 50.9 Å². The van der Waals surface area contributed by atoms with Crippen molar-refractivity contribution in [2.45, 2.75) is 31.7 Å². The molecule has 0 aromatic carbocycles. The van der Waals surface area contributed by atoms with Gasteiger partial charge < -0.3 is 5.11 Å². The Morgan fingerprint density at radius 3 is 3.22 bits per heavy atom. The Bertz CT molecular complexity index is 526. The summed E-state index contributed by atoms with van der Waals surface area (Å²) < 4.78 is 1.75. The standard InChI is InChI=1S/C12H15N3OS2/c1-2-15-9(6-13-14-15)12(16)11-5-8-7-17-4-3-10(8)18-11/h5-6,12,16H,2-4,7H2,1H3. The van der Waals surface area contributed by atoms with Gasteiger partial charge in [0.15, 0.2) is 0 Å². The summed E-state index contributed by atoms with van der Waals surface area (Å²) in [6, 6.07) is 2.14. The van der Waals surface area contributed by atoms with E-state index >= 15 is 0 Å². The molecule has 0 radical (unpaired) electrons. The number of hydrogen-bond acceptors (Lipinski definition) is 5. The molecule has 6 heteroatoms. The Hall–Kier alpha value is -0.850. The van der Waals surface area contributed by atoms with Crippen LogP contribution in [0.25, 0.3) is 0 Å². The summed E-state index contributed by atoms with van der Waals surface area (Å²) in [5, 5.41) is 18.3. The molecule has 2 aromatic heterocycles. The first-order valence-electron chi connectivity index (χ1n) is 6.05. The molecule has 3 rings (SSSR count). The summed E-state index contributed by atoms with van der Waals surface area (Å²) in [7, 11) is 0. The molecule has 3 heterocycles. The molecule has 96 valence electrons. The van der Waals surface area contributed by atoms with Crippen LogP contribution in [0.4, 0.5) is 0 Å². The molecule has 2 aromatic rings. The fourth-order valence-corrected chi connectivity index (χ4v) is 4.55. The third-order valence-corrected chi connectivity index (χ3v) is 5.44. The van der Waals surface area contributed by atoms with Crippen LogP contribution in [0.5, 0.6) is 0 Å². The van der Waals surface area contributed by atoms with E-state index in [0.717, 1.165) is 29.3 Å². The number of aliphatic hydroxyl groups excluding tert-OH is 1. The second kappa shape index (κ2) is 5.03. The van der Waals surface area contributed by atoms with E-state index < -0.39 is 6.10 Å². The van der Waals surface area contributed by atoms with Crippen LogP contribution in [-0.4, -0.2) is 25.9 Å². The molecule has 18 heavy (non-hydrogen) atoms. The zero-order chi connectivity index (χ0) is 12.5. The van der Waals surface area contributed by atoms with Crippen LogP contribution in [0.1, 0.15) is 34.0 Å². The van der Waals surface area contributed by atoms with Gasteiger partial charge >= 0.3 is 0 Å². The number of aliphatic hydroxyl groups is 1. The van der Waals surface area contributed by atoms with Gasteiger partial charge in [0, 0.05) is 22.1 Å². The number of thiophene rings is 1. The Labute approximate surface area is 114 Å². The number of rotatable bonds is 3. The van der Waals surface area contributed by atoms with Crippen molar-refractivity contribution in [1.29, 1.82) is 0 Å². The lowest BCUT2D eigenvalue weighted by Gasteiger charge is -2.09. The Morgan fingerprint density at radius 1 is 1.56 bits per heavy atom. The summed E-state index contributed by atoms with van der Waals surface area (Å²) in [4.78, 5) is 2.44. The average molecular weight is 281 g/mol. The van der Waals surface area contributed by atoms with Crippen LogP contribution in [-0.2, 0) is 18.7 Å². The van der Waals surface area contributed by atoms with Crippen molar-refractivity contribution in [2.24, 2.45) is 0 Å². The smallest absolute Gasteiger partial charge is 0.131 e. The van der Waals surface area contributed by atoms with Gasteiger partial charge in [0.05, 0.1) is 11.9 Å². The lowest BCUT2D eigenvalue weighted by atomic mass is 10.1. The quantitative estimate of drug-likeness (QED) is 0.937. The second-order valence-corrected chi connectivity index (χ2v) is 6.55. The number of aromatic nitrogens is 3. The minimum Gasteiger partial charge on any atom is -0.381 e. The summed E-state index contributed by atoms with van der Waals surface area (Å²) in [5.74, 6) is 2.27. The van der Waals surface area contributed by atoms with Gasteiger partial charge in [0.1, 0.15) is 6.10 Å². The van der Waals surface area contributed by atoms with Gasteiger partial charge in [-0.15, -0.1) is 16.4 Å². The maximum atomic E-state index is 10.4. The van der Waals surface area contributed by atoms with Crippen molar-refractivity contribution in [3.8, 4) is 0 Å². The van der Waals surface area contributed by atoms with Gasteiger partial charge in [-0.2, -0.15) is 11.8 Å². The van der Waals surface area contributed by atoms with Crippen LogP contribution >= 0.6 is 23.1 Å². The molecule has 0 saturated heterocycles. The van der Waals surface area contributed by atoms with E-state index in [1.807, 2.05) is 18.7 Å². The number of hydrogen-bond donors (Lipinski definition) is 1. The first kappa shape index (κ1) is 12.2. The van der Waals surface area contributed by atoms with Crippen molar-refractivity contribution in [1.82, 2.24) is 15.0 Å². The summed E-state index contributed by atoms with van der Waals surface area (Å²) in [6.07, 6.45) is 2.19. The van der Waals surface area contributed by atoms with Gasteiger partial charge in [-0.05, 0) is 30.7 Å². The normalized spacial score (nSPS) is 16.6. The van der Waals surface area contributed by atoms with Crippen molar-refractivity contribution in [3.05, 3.63) is 33.3 Å². The summed E-state index contributed by atoms with van der Waals surface area (Å²) in [6.45, 7) is 2.73. The van der Waals surface area contributed by atoms with Gasteiger partial charge in [-0.3, -0.25) is 0 Å². The van der Waals surface area contributed by atoms with Gasteiger partial charge in [-0.25, -0.2) is 4.68 Å². The van der Waals surface area contributed by atoms with Crippen molar-refractivity contribution in [3.63, 3.8) is 0 Å². The van der Waals surface area contributed by atoms with E-state index in [9.17, 15) is 5.11 Å². The molecule has 1 N–H and O–H groups in total. The average Bonchev–Trinajstić information content (AvgIpc) is 3.03. The predicted octanol–water partition coefficient (Wildman–Crippen LogP) is 2.23. The van der Waals surface area contributed by atoms with Gasteiger partial charge in [0.25, 0.3) is 0 Å². The maximum absolute atomic E-state index is 10.4. The van der Waals surface area contributed by atoms with E-state index in [1.165, 1.54) is 16.2 Å². The fraction of sp³-hybridized carbons (Fsp3) is 0.500.